The summed E-state index contributed by atoms with van der Waals surface area (Å²) >= 11 is 0. The van der Waals surface area contributed by atoms with Crippen LogP contribution in [0.4, 0.5) is 5.69 Å². The van der Waals surface area contributed by atoms with Crippen molar-refractivity contribution in [2.45, 2.75) is 18.8 Å². The van der Waals surface area contributed by atoms with Crippen molar-refractivity contribution in [3.63, 3.8) is 0 Å². The van der Waals surface area contributed by atoms with E-state index in [-0.39, 0.29) is 0 Å². The molecule has 0 bridgehead atoms. The summed E-state index contributed by atoms with van der Waals surface area (Å²) in [6.45, 7) is 1.49. The number of hydrogen-bond acceptors (Lipinski definition) is 6. The molecule has 2 N–H and O–H groups in total. The molecule has 1 aromatic heterocycles. The van der Waals surface area contributed by atoms with E-state index in [4.69, 9.17) is 19.7 Å². The third kappa shape index (κ3) is 2.46. The molecule has 1 aromatic carbocycles. The van der Waals surface area contributed by atoms with Crippen molar-refractivity contribution in [3.8, 4) is 17.2 Å². The molecule has 2 heterocycles. The number of nitrogens with two attached hydrogens (primary N) is 1. The van der Waals surface area contributed by atoms with E-state index < -0.39 is 0 Å². The average molecular weight is 275 g/mol. The molecule has 6 heteroatoms. The average Bonchev–Trinajstić information content (AvgIpc) is 2.98. The van der Waals surface area contributed by atoms with E-state index in [2.05, 4.69) is 10.1 Å². The zero-order chi connectivity index (χ0) is 13.9. The first-order valence-corrected chi connectivity index (χ1v) is 6.63. The van der Waals surface area contributed by atoms with E-state index >= 15 is 0 Å². The first-order valence-electron chi connectivity index (χ1n) is 6.63. The summed E-state index contributed by atoms with van der Waals surface area (Å²) in [5, 5.41) is 4.07. The maximum absolute atomic E-state index is 5.96. The number of nitrogens with zero attached hydrogens (tertiary/aromatic N) is 2. The fraction of sp³-hybridized carbons (Fsp3) is 0.429. The number of rotatable bonds is 3. The van der Waals surface area contributed by atoms with Crippen LogP contribution in [0.2, 0.25) is 0 Å². The van der Waals surface area contributed by atoms with Crippen molar-refractivity contribution >= 4 is 5.69 Å². The molecule has 0 unspecified atom stereocenters. The predicted octanol–water partition coefficient (Wildman–Crippen LogP) is 2.22. The first-order chi connectivity index (χ1) is 9.78. The number of aromatic nitrogens is 2. The Balaban J connectivity index is 1.89. The van der Waals surface area contributed by atoms with Gasteiger partial charge in [0.2, 0.25) is 0 Å². The Labute approximate surface area is 116 Å². The molecule has 20 heavy (non-hydrogen) atoms. The quantitative estimate of drug-likeness (QED) is 0.865. The van der Waals surface area contributed by atoms with Gasteiger partial charge in [-0.3, -0.25) is 0 Å². The van der Waals surface area contributed by atoms with Gasteiger partial charge < -0.3 is 19.7 Å². The second kappa shape index (κ2) is 5.50. The highest BCUT2D eigenvalue weighted by Crippen LogP contribution is 2.31. The first kappa shape index (κ1) is 12.9. The monoisotopic (exact) mass is 275 g/mol. The van der Waals surface area contributed by atoms with Crippen LogP contribution >= 0.6 is 0 Å². The van der Waals surface area contributed by atoms with Gasteiger partial charge in [-0.15, -0.1) is 0 Å². The van der Waals surface area contributed by atoms with Crippen LogP contribution in [0.25, 0.3) is 11.5 Å². The Hall–Kier alpha value is -2.08. The van der Waals surface area contributed by atoms with Gasteiger partial charge in [-0.1, -0.05) is 5.16 Å². The molecule has 1 fully saturated rings. The summed E-state index contributed by atoms with van der Waals surface area (Å²) in [4.78, 5) is 4.47. The highest BCUT2D eigenvalue weighted by Gasteiger charge is 2.22. The summed E-state index contributed by atoms with van der Waals surface area (Å²) in [6.07, 6.45) is 1.85. The summed E-state index contributed by atoms with van der Waals surface area (Å²) in [5.74, 6) is 2.17. The number of benzene rings is 1. The minimum absolute atomic E-state index is 0.299. The molecule has 6 nitrogen and oxygen atoms in total. The SMILES string of the molecule is COc1ccc(N)c(-c2nc(C3CCOCC3)no2)c1. The molecule has 0 spiro atoms. The summed E-state index contributed by atoms with van der Waals surface area (Å²) in [7, 11) is 1.61. The number of hydrogen-bond donors (Lipinski definition) is 1. The summed E-state index contributed by atoms with van der Waals surface area (Å²) in [6, 6.07) is 5.37. The maximum Gasteiger partial charge on any atom is 0.260 e. The maximum atomic E-state index is 5.96. The van der Waals surface area contributed by atoms with E-state index in [0.29, 0.717) is 28.8 Å². The van der Waals surface area contributed by atoms with Gasteiger partial charge >= 0.3 is 0 Å². The smallest absolute Gasteiger partial charge is 0.260 e. The van der Waals surface area contributed by atoms with E-state index in [0.717, 1.165) is 31.9 Å². The second-order valence-electron chi connectivity index (χ2n) is 4.80. The Morgan fingerprint density at radius 3 is 2.85 bits per heavy atom. The molecule has 106 valence electrons. The Bertz CT molecular complexity index is 591. The lowest BCUT2D eigenvalue weighted by Gasteiger charge is -2.18. The Kier molecular flexibility index (Phi) is 3.56. The van der Waals surface area contributed by atoms with Gasteiger partial charge in [-0.2, -0.15) is 4.98 Å². The van der Waals surface area contributed by atoms with Crippen LogP contribution in [-0.4, -0.2) is 30.5 Å². The van der Waals surface area contributed by atoms with Crippen LogP contribution in [0.1, 0.15) is 24.6 Å². The zero-order valence-corrected chi connectivity index (χ0v) is 11.3. The highest BCUT2D eigenvalue weighted by atomic mass is 16.5. The van der Waals surface area contributed by atoms with Crippen molar-refractivity contribution in [1.82, 2.24) is 10.1 Å². The van der Waals surface area contributed by atoms with E-state index in [1.54, 1.807) is 25.3 Å². The third-order valence-corrected chi connectivity index (χ3v) is 3.52. The normalized spacial score (nSPS) is 16.2. The molecule has 3 rings (SSSR count). The molecule has 0 saturated carbocycles. The largest absolute Gasteiger partial charge is 0.497 e. The van der Waals surface area contributed by atoms with Crippen molar-refractivity contribution < 1.29 is 14.0 Å². The fourth-order valence-corrected chi connectivity index (χ4v) is 2.31. The molecule has 1 saturated heterocycles. The number of ether oxygens (including phenoxy) is 2. The van der Waals surface area contributed by atoms with Gasteiger partial charge in [-0.25, -0.2) is 0 Å². The van der Waals surface area contributed by atoms with Gasteiger partial charge in [0.15, 0.2) is 5.82 Å². The minimum Gasteiger partial charge on any atom is -0.497 e. The fourth-order valence-electron chi connectivity index (χ4n) is 2.31. The Morgan fingerprint density at radius 2 is 2.10 bits per heavy atom. The van der Waals surface area contributed by atoms with Gasteiger partial charge in [0.25, 0.3) is 5.89 Å². The topological polar surface area (TPSA) is 83.4 Å². The zero-order valence-electron chi connectivity index (χ0n) is 11.3. The molecule has 0 amide bonds. The van der Waals surface area contributed by atoms with Crippen LogP contribution in [0.5, 0.6) is 5.75 Å². The van der Waals surface area contributed by atoms with E-state index in [1.807, 2.05) is 0 Å². The van der Waals surface area contributed by atoms with Crippen LogP contribution in [-0.2, 0) is 4.74 Å². The lowest BCUT2D eigenvalue weighted by Crippen LogP contribution is -2.15. The van der Waals surface area contributed by atoms with Gasteiger partial charge in [0, 0.05) is 24.8 Å². The molecular formula is C14H17N3O3. The number of nitrogen functional groups attached to an aromatic ring is 1. The van der Waals surface area contributed by atoms with Crippen molar-refractivity contribution in [2.24, 2.45) is 0 Å². The molecule has 2 aromatic rings. The van der Waals surface area contributed by atoms with Crippen LogP contribution < -0.4 is 10.5 Å². The van der Waals surface area contributed by atoms with E-state index in [9.17, 15) is 0 Å². The van der Waals surface area contributed by atoms with Crippen LogP contribution in [0.3, 0.4) is 0 Å². The molecule has 0 radical (unpaired) electrons. The summed E-state index contributed by atoms with van der Waals surface area (Å²) in [5.41, 5.74) is 7.26. The molecule has 0 atom stereocenters. The summed E-state index contributed by atoms with van der Waals surface area (Å²) < 4.78 is 15.9. The van der Waals surface area contributed by atoms with Gasteiger partial charge in [-0.05, 0) is 31.0 Å². The third-order valence-electron chi connectivity index (χ3n) is 3.52. The lowest BCUT2D eigenvalue weighted by molar-refractivity contribution is 0.0830. The van der Waals surface area contributed by atoms with Crippen LogP contribution in [0, 0.1) is 0 Å². The van der Waals surface area contributed by atoms with Crippen molar-refractivity contribution in [2.75, 3.05) is 26.1 Å². The lowest BCUT2D eigenvalue weighted by atomic mass is 10.00. The molecule has 1 aliphatic heterocycles. The van der Waals surface area contributed by atoms with Gasteiger partial charge in [0.05, 0.1) is 12.7 Å². The number of methoxy groups -OCH3 is 1. The minimum atomic E-state index is 0.299. The van der Waals surface area contributed by atoms with E-state index in [1.165, 1.54) is 0 Å². The molecule has 0 aliphatic carbocycles. The molecule has 1 aliphatic rings. The standard InChI is InChI=1S/C14H17N3O3/c1-18-10-2-3-12(15)11(8-10)14-16-13(17-20-14)9-4-6-19-7-5-9/h2-3,8-9H,4-7,15H2,1H3. The second-order valence-corrected chi connectivity index (χ2v) is 4.80. The molecular weight excluding hydrogens is 258 g/mol. The van der Waals surface area contributed by atoms with Gasteiger partial charge in [0.1, 0.15) is 5.75 Å². The predicted molar refractivity (Wildman–Crippen MR) is 73.5 cm³/mol. The van der Waals surface area contributed by atoms with Crippen LogP contribution in [0.15, 0.2) is 22.7 Å². The van der Waals surface area contributed by atoms with Crippen molar-refractivity contribution in [3.05, 3.63) is 24.0 Å². The highest BCUT2D eigenvalue weighted by molar-refractivity contribution is 5.72. The number of anilines is 1. The van der Waals surface area contributed by atoms with Crippen molar-refractivity contribution in [1.29, 1.82) is 0 Å². The Morgan fingerprint density at radius 1 is 1.30 bits per heavy atom.